The molecule has 4 nitrogen and oxygen atoms in total. The molecule has 0 aromatic heterocycles. The number of hydrogen-bond acceptors (Lipinski definition) is 4. The Morgan fingerprint density at radius 1 is 1.57 bits per heavy atom. The molecule has 0 aliphatic heterocycles. The number of esters is 1. The monoisotopic (exact) mass is 217 g/mol. The van der Waals surface area contributed by atoms with Crippen molar-refractivity contribution >= 4 is 24.5 Å². The summed E-state index contributed by atoms with van der Waals surface area (Å²) in [6.45, 7) is 1.84. The second-order valence-corrected chi connectivity index (χ2v) is 3.87. The zero-order valence-corrected chi connectivity index (χ0v) is 9.05. The lowest BCUT2D eigenvalue weighted by atomic mass is 10.3. The molecular weight excluding hydrogens is 202 g/mol. The van der Waals surface area contributed by atoms with E-state index in [1.54, 1.807) is 0 Å². The van der Waals surface area contributed by atoms with Gasteiger partial charge < -0.3 is 10.1 Å². The molecular formula is C9H15NO3S. The van der Waals surface area contributed by atoms with Crippen LogP contribution in [0.15, 0.2) is 0 Å². The first-order chi connectivity index (χ1) is 6.63. The molecule has 1 aliphatic rings. The lowest BCUT2D eigenvalue weighted by Crippen LogP contribution is -2.42. The highest BCUT2D eigenvalue weighted by Gasteiger charge is 2.25. The van der Waals surface area contributed by atoms with Crippen LogP contribution in [0.1, 0.15) is 19.8 Å². The van der Waals surface area contributed by atoms with Gasteiger partial charge >= 0.3 is 5.97 Å². The van der Waals surface area contributed by atoms with Gasteiger partial charge in [0.15, 0.2) is 0 Å². The van der Waals surface area contributed by atoms with Crippen molar-refractivity contribution in [1.29, 1.82) is 0 Å². The van der Waals surface area contributed by atoms with E-state index in [0.717, 1.165) is 12.8 Å². The molecule has 1 atom stereocenters. The number of amides is 1. The molecule has 1 saturated carbocycles. The molecule has 0 heterocycles. The van der Waals surface area contributed by atoms with Crippen molar-refractivity contribution < 1.29 is 14.3 Å². The first-order valence-corrected chi connectivity index (χ1v) is 5.31. The summed E-state index contributed by atoms with van der Waals surface area (Å²) >= 11 is 3.97. The average molecular weight is 217 g/mol. The van der Waals surface area contributed by atoms with Crippen LogP contribution in [0.4, 0.5) is 0 Å². The van der Waals surface area contributed by atoms with Crippen molar-refractivity contribution in [2.75, 3.05) is 12.4 Å². The molecule has 0 spiro atoms. The minimum absolute atomic E-state index is 0.243. The Morgan fingerprint density at radius 3 is 2.64 bits per heavy atom. The van der Waals surface area contributed by atoms with Crippen molar-refractivity contribution in [3.8, 4) is 0 Å². The van der Waals surface area contributed by atoms with Gasteiger partial charge in [-0.1, -0.05) is 0 Å². The van der Waals surface area contributed by atoms with Crippen molar-refractivity contribution in [1.82, 2.24) is 5.32 Å². The zero-order valence-electron chi connectivity index (χ0n) is 8.16. The van der Waals surface area contributed by atoms with Crippen molar-refractivity contribution in [2.45, 2.75) is 25.8 Å². The lowest BCUT2D eigenvalue weighted by molar-refractivity contribution is -0.147. The summed E-state index contributed by atoms with van der Waals surface area (Å²) in [5.74, 6) is 0.176. The van der Waals surface area contributed by atoms with Crippen LogP contribution < -0.4 is 5.32 Å². The molecule has 5 heteroatoms. The summed E-state index contributed by atoms with van der Waals surface area (Å²) in [6.07, 6.45) is 2.28. The topological polar surface area (TPSA) is 55.4 Å². The highest BCUT2D eigenvalue weighted by atomic mass is 32.1. The quantitative estimate of drug-likeness (QED) is 0.517. The Morgan fingerprint density at radius 2 is 2.21 bits per heavy atom. The zero-order chi connectivity index (χ0) is 10.6. The molecule has 1 N–H and O–H groups in total. The van der Waals surface area contributed by atoms with Gasteiger partial charge in [0.25, 0.3) is 0 Å². The molecule has 0 saturated heterocycles. The maximum Gasteiger partial charge on any atom is 0.329 e. The van der Waals surface area contributed by atoms with Gasteiger partial charge in [0.1, 0.15) is 6.04 Å². The van der Waals surface area contributed by atoms with Crippen molar-refractivity contribution in [2.24, 2.45) is 5.92 Å². The van der Waals surface area contributed by atoms with Crippen molar-refractivity contribution in [3.63, 3.8) is 0 Å². The van der Waals surface area contributed by atoms with Gasteiger partial charge in [-0.25, -0.2) is 4.79 Å². The van der Waals surface area contributed by atoms with Crippen LogP contribution in [0.2, 0.25) is 0 Å². The number of thiol groups is 1. The second-order valence-electron chi connectivity index (χ2n) is 3.51. The molecule has 0 aromatic carbocycles. The smallest absolute Gasteiger partial charge is 0.329 e. The Hall–Kier alpha value is -0.710. The predicted molar refractivity (Wildman–Crippen MR) is 55.1 cm³/mol. The molecule has 1 fully saturated rings. The summed E-state index contributed by atoms with van der Waals surface area (Å²) in [6, 6.07) is -0.616. The van der Waals surface area contributed by atoms with E-state index in [1.165, 1.54) is 6.92 Å². The number of nitrogens with one attached hydrogen (secondary N) is 1. The molecule has 1 amide bonds. The van der Waals surface area contributed by atoms with Crippen LogP contribution >= 0.6 is 12.6 Å². The predicted octanol–water partition coefficient (Wildman–Crippen LogP) is 0.374. The fourth-order valence-corrected chi connectivity index (χ4v) is 1.25. The van der Waals surface area contributed by atoms with Gasteiger partial charge in [-0.2, -0.15) is 12.6 Å². The van der Waals surface area contributed by atoms with Gasteiger partial charge in [-0.15, -0.1) is 0 Å². The molecule has 80 valence electrons. The summed E-state index contributed by atoms with van der Waals surface area (Å²) in [5, 5.41) is 2.48. The fourth-order valence-electron chi connectivity index (χ4n) is 1.01. The van der Waals surface area contributed by atoms with Gasteiger partial charge in [-0.05, 0) is 18.8 Å². The Bertz CT molecular complexity index is 228. The maximum absolute atomic E-state index is 11.4. The summed E-state index contributed by atoms with van der Waals surface area (Å²) < 4.78 is 5.02. The summed E-state index contributed by atoms with van der Waals surface area (Å²) in [7, 11) is 0. The van der Waals surface area contributed by atoms with E-state index >= 15 is 0 Å². The third-order valence-corrected chi connectivity index (χ3v) is 2.37. The van der Waals surface area contributed by atoms with Crippen LogP contribution in [0.5, 0.6) is 0 Å². The second kappa shape index (κ2) is 5.24. The van der Waals surface area contributed by atoms with Gasteiger partial charge in [0, 0.05) is 12.7 Å². The summed E-state index contributed by atoms with van der Waals surface area (Å²) in [4.78, 5) is 22.1. The Kier molecular flexibility index (Phi) is 4.25. The van der Waals surface area contributed by atoms with Gasteiger partial charge in [-0.3, -0.25) is 4.79 Å². The minimum atomic E-state index is -0.616. The Labute approximate surface area is 88.8 Å². The molecule has 1 rings (SSSR count). The molecule has 14 heavy (non-hydrogen) atoms. The third kappa shape index (κ3) is 4.00. The first-order valence-electron chi connectivity index (χ1n) is 4.68. The molecule has 0 bridgehead atoms. The van der Waals surface area contributed by atoms with Crippen LogP contribution in [-0.2, 0) is 14.3 Å². The molecule has 0 aromatic rings. The molecule has 0 radical (unpaired) electrons. The highest BCUT2D eigenvalue weighted by Crippen LogP contribution is 2.28. The van der Waals surface area contributed by atoms with E-state index in [2.05, 4.69) is 17.9 Å². The van der Waals surface area contributed by atoms with Crippen LogP contribution in [0, 0.1) is 5.92 Å². The lowest BCUT2D eigenvalue weighted by Gasteiger charge is -2.13. The van der Waals surface area contributed by atoms with Crippen LogP contribution in [0.25, 0.3) is 0 Å². The normalized spacial score (nSPS) is 17.3. The third-order valence-electron chi connectivity index (χ3n) is 2.00. The van der Waals surface area contributed by atoms with Gasteiger partial charge in [0.2, 0.25) is 5.91 Å². The number of carbonyl (C=O) groups is 2. The van der Waals surface area contributed by atoms with E-state index in [9.17, 15) is 9.59 Å². The molecule has 1 unspecified atom stereocenters. The summed E-state index contributed by atoms with van der Waals surface area (Å²) in [5.41, 5.74) is 0. The number of hydrogen-bond donors (Lipinski definition) is 2. The maximum atomic E-state index is 11.4. The average Bonchev–Trinajstić information content (AvgIpc) is 2.93. The first kappa shape index (κ1) is 11.4. The van der Waals surface area contributed by atoms with Crippen LogP contribution in [-0.4, -0.2) is 30.3 Å². The molecule has 1 aliphatic carbocycles. The van der Waals surface area contributed by atoms with E-state index in [0.29, 0.717) is 12.5 Å². The van der Waals surface area contributed by atoms with Gasteiger partial charge in [0.05, 0.1) is 6.61 Å². The fraction of sp³-hybridized carbons (Fsp3) is 0.778. The van der Waals surface area contributed by atoms with E-state index in [1.807, 2.05) is 0 Å². The number of ether oxygens (including phenoxy) is 1. The number of carbonyl (C=O) groups excluding carboxylic acids is 2. The SMILES string of the molecule is CC(=O)NC(CS)C(=O)OCC1CC1. The van der Waals surface area contributed by atoms with Crippen LogP contribution in [0.3, 0.4) is 0 Å². The van der Waals surface area contributed by atoms with E-state index in [-0.39, 0.29) is 17.6 Å². The van der Waals surface area contributed by atoms with Crippen molar-refractivity contribution in [3.05, 3.63) is 0 Å². The minimum Gasteiger partial charge on any atom is -0.464 e. The number of rotatable bonds is 5. The largest absolute Gasteiger partial charge is 0.464 e. The van der Waals surface area contributed by atoms with E-state index < -0.39 is 6.04 Å². The standard InChI is InChI=1S/C9H15NO3S/c1-6(11)10-8(5-14)9(12)13-4-7-2-3-7/h7-8,14H,2-5H2,1H3,(H,10,11). The Balaban J connectivity index is 2.26. The highest BCUT2D eigenvalue weighted by molar-refractivity contribution is 7.80. The van der Waals surface area contributed by atoms with E-state index in [4.69, 9.17) is 4.74 Å².